The van der Waals surface area contributed by atoms with Crippen LogP contribution >= 0.6 is 0 Å². The predicted molar refractivity (Wildman–Crippen MR) is 111 cm³/mol. The molecular weight excluding hydrogens is 450 g/mol. The Bertz CT molecular complexity index is 783. The monoisotopic (exact) mass is 479 g/mol. The number of rotatable bonds is 10. The number of nitrogens with one attached hydrogen (secondary N) is 1. The van der Waals surface area contributed by atoms with Crippen molar-refractivity contribution in [3.8, 4) is 0 Å². The van der Waals surface area contributed by atoms with Crippen molar-refractivity contribution >= 4 is 17.3 Å². The first kappa shape index (κ1) is 25.4. The number of benzene rings is 1. The fraction of sp³-hybridized carbons (Fsp3) is 0.650. The van der Waals surface area contributed by atoms with E-state index in [0.717, 1.165) is 25.1 Å². The molecule has 0 saturated carbocycles. The number of hydrogen-bond acceptors (Lipinski definition) is 8. The Morgan fingerprint density at radius 2 is 1.82 bits per heavy atom. The van der Waals surface area contributed by atoms with Gasteiger partial charge in [0.15, 0.2) is 11.6 Å². The van der Waals surface area contributed by atoms with Crippen molar-refractivity contribution in [1.29, 1.82) is 0 Å². The number of nitrogens with zero attached hydrogens (tertiary/aromatic N) is 4. The molecule has 0 bridgehead atoms. The second-order valence-electron chi connectivity index (χ2n) is 7.92. The van der Waals surface area contributed by atoms with Crippen molar-refractivity contribution in [2.45, 2.75) is 25.4 Å². The maximum absolute atomic E-state index is 14.9. The summed E-state index contributed by atoms with van der Waals surface area (Å²) in [6.07, 6.45) is -2.55. The van der Waals surface area contributed by atoms with Crippen LogP contribution in [0.5, 0.6) is 0 Å². The Hall–Kier alpha value is -2.19. The molecule has 1 amide bonds. The number of anilines is 2. The van der Waals surface area contributed by atoms with Crippen LogP contribution in [0.15, 0.2) is 12.1 Å². The lowest BCUT2D eigenvalue weighted by atomic mass is 10.2. The van der Waals surface area contributed by atoms with E-state index in [1.165, 1.54) is 0 Å². The number of aliphatic hydroxyl groups excluding tert-OH is 1. The van der Waals surface area contributed by atoms with Crippen molar-refractivity contribution in [2.24, 2.45) is 0 Å². The third-order valence-electron chi connectivity index (χ3n) is 5.47. The minimum Gasteiger partial charge on any atom is -0.390 e. The van der Waals surface area contributed by atoms with Crippen LogP contribution in [-0.4, -0.2) is 97.9 Å². The molecule has 3 N–H and O–H groups in total. The molecule has 3 rings (SSSR count). The zero-order valence-electron chi connectivity index (χ0n) is 18.1. The molecule has 33 heavy (non-hydrogen) atoms. The van der Waals surface area contributed by atoms with E-state index in [1.54, 1.807) is 9.91 Å². The Labute approximate surface area is 189 Å². The first-order chi connectivity index (χ1) is 15.8. The quantitative estimate of drug-likeness (QED) is 0.198. The molecule has 0 aromatic heterocycles. The van der Waals surface area contributed by atoms with Gasteiger partial charge in [-0.2, -0.15) is 0 Å². The summed E-state index contributed by atoms with van der Waals surface area (Å²) in [6.45, 7) is 0.653. The molecule has 2 fully saturated rings. The number of halogens is 4. The summed E-state index contributed by atoms with van der Waals surface area (Å²) in [6, 6.07) is 1.93. The number of fused-ring (bicyclic) bond motifs is 1. The highest BCUT2D eigenvalue weighted by Crippen LogP contribution is 2.29. The lowest BCUT2D eigenvalue weighted by molar-refractivity contribution is -0.153. The van der Waals surface area contributed by atoms with Gasteiger partial charge in [0.1, 0.15) is 12.3 Å². The van der Waals surface area contributed by atoms with Crippen LogP contribution in [0.1, 0.15) is 12.8 Å². The van der Waals surface area contributed by atoms with E-state index >= 15 is 0 Å². The second-order valence-corrected chi connectivity index (χ2v) is 7.92. The van der Waals surface area contributed by atoms with Gasteiger partial charge in [0.25, 0.3) is 6.43 Å². The van der Waals surface area contributed by atoms with Gasteiger partial charge in [-0.3, -0.25) is 25.4 Å². The van der Waals surface area contributed by atoms with Crippen molar-refractivity contribution in [3.05, 3.63) is 23.8 Å². The largest absolute Gasteiger partial charge is 0.390 e. The Morgan fingerprint density at radius 3 is 2.52 bits per heavy atom. The van der Waals surface area contributed by atoms with Crippen LogP contribution in [0.4, 0.5) is 28.9 Å². The smallest absolute Gasteiger partial charge is 0.261 e. The molecule has 2 saturated heterocycles. The Kier molecular flexibility index (Phi) is 9.09. The summed E-state index contributed by atoms with van der Waals surface area (Å²) in [4.78, 5) is 13.7. The highest BCUT2D eigenvalue weighted by molar-refractivity contribution is 5.76. The summed E-state index contributed by atoms with van der Waals surface area (Å²) in [5, 5.41) is 26.7. The lowest BCUT2D eigenvalue weighted by Gasteiger charge is -2.36. The average molecular weight is 479 g/mol. The number of carbonyl (C=O) groups excluding carboxylic acids is 1. The molecule has 9 nitrogen and oxygen atoms in total. The standard InChI is InChI=1S/C20H29F4N5O4/c21-16-8-14(29(32)11-15(30)10-25-13-33-12-18(23)24)9-17(22)20(16)26-4-6-27-3-1-2-19(31)28(27)7-5-26/h8-9,15,18,25,30,32H,1-7,10-13H2/t15-/m0/s1. The molecule has 0 aliphatic carbocycles. The Balaban J connectivity index is 1.57. The predicted octanol–water partition coefficient (Wildman–Crippen LogP) is 1.01. The summed E-state index contributed by atoms with van der Waals surface area (Å²) in [5.74, 6) is -1.75. The van der Waals surface area contributed by atoms with E-state index in [-0.39, 0.29) is 43.6 Å². The van der Waals surface area contributed by atoms with E-state index in [1.807, 2.05) is 5.01 Å². The second kappa shape index (κ2) is 11.8. The highest BCUT2D eigenvalue weighted by Gasteiger charge is 2.30. The molecule has 1 atom stereocenters. The van der Waals surface area contributed by atoms with E-state index in [2.05, 4.69) is 10.1 Å². The van der Waals surface area contributed by atoms with Crippen molar-refractivity contribution in [2.75, 3.05) is 69.1 Å². The third-order valence-corrected chi connectivity index (χ3v) is 5.47. The first-order valence-corrected chi connectivity index (χ1v) is 10.8. The van der Waals surface area contributed by atoms with Gasteiger partial charge in [0, 0.05) is 51.3 Å². The minimum atomic E-state index is -2.60. The molecule has 13 heteroatoms. The molecule has 2 heterocycles. The topological polar surface area (TPSA) is 91.8 Å². The summed E-state index contributed by atoms with van der Waals surface area (Å²) < 4.78 is 58.3. The fourth-order valence-electron chi connectivity index (χ4n) is 3.92. The summed E-state index contributed by atoms with van der Waals surface area (Å²) in [5.41, 5.74) is -0.424. The molecule has 0 radical (unpaired) electrons. The number of aliphatic hydroxyl groups is 1. The SMILES string of the molecule is O=C1CCCN2CCN(c3c(F)cc(N(O)C[C@@H](O)CNCOCC(F)F)cc3F)CCN12. The van der Waals surface area contributed by atoms with Gasteiger partial charge in [0.05, 0.1) is 31.6 Å². The zero-order chi connectivity index (χ0) is 24.0. The number of ether oxygens (including phenoxy) is 1. The van der Waals surface area contributed by atoms with Crippen LogP contribution in [-0.2, 0) is 9.53 Å². The number of amides is 1. The third kappa shape index (κ3) is 6.90. The minimum absolute atomic E-state index is 0.00365. The van der Waals surface area contributed by atoms with Gasteiger partial charge < -0.3 is 14.7 Å². The van der Waals surface area contributed by atoms with Crippen molar-refractivity contribution in [1.82, 2.24) is 15.3 Å². The zero-order valence-corrected chi connectivity index (χ0v) is 18.1. The van der Waals surface area contributed by atoms with Crippen molar-refractivity contribution < 1.29 is 37.4 Å². The van der Waals surface area contributed by atoms with Gasteiger partial charge in [-0.25, -0.2) is 22.6 Å². The fourth-order valence-corrected chi connectivity index (χ4v) is 3.92. The van der Waals surface area contributed by atoms with Gasteiger partial charge in [-0.05, 0) is 6.42 Å². The highest BCUT2D eigenvalue weighted by atomic mass is 19.3. The normalized spacial score (nSPS) is 18.5. The van der Waals surface area contributed by atoms with Crippen LogP contribution in [0.25, 0.3) is 0 Å². The van der Waals surface area contributed by atoms with Crippen LogP contribution in [0.3, 0.4) is 0 Å². The number of hydroxylamine groups is 1. The van der Waals surface area contributed by atoms with E-state index < -0.39 is 30.8 Å². The van der Waals surface area contributed by atoms with Crippen LogP contribution in [0.2, 0.25) is 0 Å². The maximum Gasteiger partial charge on any atom is 0.261 e. The summed E-state index contributed by atoms with van der Waals surface area (Å²) >= 11 is 0. The molecule has 186 valence electrons. The molecule has 0 unspecified atom stereocenters. The first-order valence-electron chi connectivity index (χ1n) is 10.8. The average Bonchev–Trinajstić information content (AvgIpc) is 2.96. The van der Waals surface area contributed by atoms with Gasteiger partial charge >= 0.3 is 0 Å². The molecule has 1 aromatic carbocycles. The molecule has 1 aromatic rings. The van der Waals surface area contributed by atoms with Crippen molar-refractivity contribution in [3.63, 3.8) is 0 Å². The van der Waals surface area contributed by atoms with Gasteiger partial charge in [-0.15, -0.1) is 0 Å². The maximum atomic E-state index is 14.9. The summed E-state index contributed by atoms with van der Waals surface area (Å²) in [7, 11) is 0. The van der Waals surface area contributed by atoms with E-state index in [0.29, 0.717) is 31.1 Å². The van der Waals surface area contributed by atoms with Gasteiger partial charge in [0.2, 0.25) is 5.91 Å². The number of hydrazine groups is 1. The van der Waals surface area contributed by atoms with E-state index in [4.69, 9.17) is 0 Å². The molecule has 2 aliphatic rings. The van der Waals surface area contributed by atoms with E-state index in [9.17, 15) is 32.7 Å². The van der Waals surface area contributed by atoms with Crippen LogP contribution in [0, 0.1) is 11.6 Å². The molecule has 2 aliphatic heterocycles. The Morgan fingerprint density at radius 1 is 1.12 bits per heavy atom. The number of hydrogen-bond donors (Lipinski definition) is 3. The molecular formula is C20H29F4N5O4. The molecule has 0 spiro atoms. The number of carbonyl (C=O) groups is 1. The van der Waals surface area contributed by atoms with Gasteiger partial charge in [-0.1, -0.05) is 0 Å². The lowest BCUT2D eigenvalue weighted by Crippen LogP contribution is -2.50. The van der Waals surface area contributed by atoms with Crippen LogP contribution < -0.4 is 15.3 Å². The number of alkyl halides is 2.